The lowest BCUT2D eigenvalue weighted by Gasteiger charge is -2.13. The van der Waals surface area contributed by atoms with Crippen molar-refractivity contribution in [1.82, 2.24) is 9.78 Å². The van der Waals surface area contributed by atoms with Gasteiger partial charge in [-0.3, -0.25) is 4.68 Å². The van der Waals surface area contributed by atoms with Crippen LogP contribution in [0.3, 0.4) is 0 Å². The second kappa shape index (κ2) is 5.01. The minimum atomic E-state index is -0.154. The fourth-order valence-electron chi connectivity index (χ4n) is 1.80. The van der Waals surface area contributed by atoms with E-state index in [4.69, 9.17) is 10.5 Å². The molecule has 90 valence electrons. The molecule has 1 aromatic heterocycles. The average Bonchev–Trinajstić information content (AvgIpc) is 2.76. The molecule has 0 saturated carbocycles. The Bertz CT molecular complexity index is 476. The minimum absolute atomic E-state index is 0.154. The SMILES string of the molecule is CCOc1ccc(C(N)c2ccnn2C)cc1. The first-order chi connectivity index (χ1) is 8.22. The van der Waals surface area contributed by atoms with E-state index in [1.54, 1.807) is 10.9 Å². The van der Waals surface area contributed by atoms with Crippen molar-refractivity contribution in [1.29, 1.82) is 0 Å². The number of aromatic nitrogens is 2. The average molecular weight is 231 g/mol. The first kappa shape index (κ1) is 11.7. The van der Waals surface area contributed by atoms with E-state index in [9.17, 15) is 0 Å². The van der Waals surface area contributed by atoms with Gasteiger partial charge in [-0.1, -0.05) is 12.1 Å². The number of hydrogen-bond acceptors (Lipinski definition) is 3. The zero-order valence-electron chi connectivity index (χ0n) is 10.1. The van der Waals surface area contributed by atoms with Gasteiger partial charge in [-0.05, 0) is 30.7 Å². The van der Waals surface area contributed by atoms with E-state index in [-0.39, 0.29) is 6.04 Å². The van der Waals surface area contributed by atoms with Gasteiger partial charge in [-0.25, -0.2) is 0 Å². The lowest BCUT2D eigenvalue weighted by atomic mass is 10.0. The highest BCUT2D eigenvalue weighted by Crippen LogP contribution is 2.21. The van der Waals surface area contributed by atoms with Gasteiger partial charge in [0.25, 0.3) is 0 Å². The highest BCUT2D eigenvalue weighted by molar-refractivity contribution is 5.32. The Kier molecular flexibility index (Phi) is 3.44. The Labute approximate surface area is 101 Å². The molecule has 0 spiro atoms. The molecule has 1 unspecified atom stereocenters. The van der Waals surface area contributed by atoms with Crippen molar-refractivity contribution in [2.45, 2.75) is 13.0 Å². The summed E-state index contributed by atoms with van der Waals surface area (Å²) in [6.45, 7) is 2.64. The molecule has 0 aliphatic heterocycles. The molecule has 0 bridgehead atoms. The lowest BCUT2D eigenvalue weighted by molar-refractivity contribution is 0.340. The maximum absolute atomic E-state index is 6.18. The molecule has 0 radical (unpaired) electrons. The number of aryl methyl sites for hydroxylation is 1. The van der Waals surface area contributed by atoms with Crippen LogP contribution in [-0.4, -0.2) is 16.4 Å². The normalized spacial score (nSPS) is 12.4. The number of rotatable bonds is 4. The molecular weight excluding hydrogens is 214 g/mol. The largest absolute Gasteiger partial charge is 0.494 e. The fraction of sp³-hybridized carbons (Fsp3) is 0.308. The van der Waals surface area contributed by atoms with Crippen LogP contribution >= 0.6 is 0 Å². The molecule has 1 aromatic carbocycles. The van der Waals surface area contributed by atoms with E-state index < -0.39 is 0 Å². The standard InChI is InChI=1S/C13H17N3O/c1-3-17-11-6-4-10(5-7-11)13(14)12-8-9-15-16(12)2/h4-9,13H,3,14H2,1-2H3. The lowest BCUT2D eigenvalue weighted by Crippen LogP contribution is -2.15. The second-order valence-corrected chi connectivity index (χ2v) is 3.86. The summed E-state index contributed by atoms with van der Waals surface area (Å²) in [7, 11) is 1.89. The molecule has 0 aliphatic carbocycles. The Morgan fingerprint density at radius 3 is 2.53 bits per heavy atom. The summed E-state index contributed by atoms with van der Waals surface area (Å²) in [5.74, 6) is 0.869. The molecule has 2 N–H and O–H groups in total. The molecule has 17 heavy (non-hydrogen) atoms. The van der Waals surface area contributed by atoms with Crippen molar-refractivity contribution < 1.29 is 4.74 Å². The van der Waals surface area contributed by atoms with Gasteiger partial charge in [-0.2, -0.15) is 5.10 Å². The topological polar surface area (TPSA) is 53.1 Å². The highest BCUT2D eigenvalue weighted by Gasteiger charge is 2.12. The van der Waals surface area contributed by atoms with Crippen molar-refractivity contribution in [3.63, 3.8) is 0 Å². The summed E-state index contributed by atoms with van der Waals surface area (Å²) >= 11 is 0. The van der Waals surface area contributed by atoms with Gasteiger partial charge in [0.05, 0.1) is 18.3 Å². The van der Waals surface area contributed by atoms with Gasteiger partial charge >= 0.3 is 0 Å². The number of ether oxygens (including phenoxy) is 1. The molecule has 1 heterocycles. The van der Waals surface area contributed by atoms with Crippen LogP contribution in [0.2, 0.25) is 0 Å². The Balaban J connectivity index is 2.20. The molecule has 4 nitrogen and oxygen atoms in total. The van der Waals surface area contributed by atoms with Crippen LogP contribution in [0.15, 0.2) is 36.5 Å². The number of nitrogens with two attached hydrogens (primary N) is 1. The van der Waals surface area contributed by atoms with E-state index in [0.717, 1.165) is 17.0 Å². The highest BCUT2D eigenvalue weighted by atomic mass is 16.5. The molecule has 0 aliphatic rings. The zero-order chi connectivity index (χ0) is 12.3. The van der Waals surface area contributed by atoms with Crippen molar-refractivity contribution in [3.8, 4) is 5.75 Å². The monoisotopic (exact) mass is 231 g/mol. The Hall–Kier alpha value is -1.81. The predicted molar refractivity (Wildman–Crippen MR) is 66.8 cm³/mol. The Morgan fingerprint density at radius 1 is 1.29 bits per heavy atom. The molecule has 1 atom stereocenters. The summed E-state index contributed by atoms with van der Waals surface area (Å²) < 4.78 is 7.19. The summed E-state index contributed by atoms with van der Waals surface area (Å²) in [5.41, 5.74) is 8.23. The van der Waals surface area contributed by atoms with E-state index in [1.807, 2.05) is 44.3 Å². The van der Waals surface area contributed by atoms with Crippen molar-refractivity contribution >= 4 is 0 Å². The van der Waals surface area contributed by atoms with Crippen LogP contribution in [0.25, 0.3) is 0 Å². The van der Waals surface area contributed by atoms with Gasteiger partial charge in [-0.15, -0.1) is 0 Å². The quantitative estimate of drug-likeness (QED) is 0.874. The molecule has 4 heteroatoms. The van der Waals surface area contributed by atoms with E-state index in [2.05, 4.69) is 5.10 Å². The van der Waals surface area contributed by atoms with Gasteiger partial charge < -0.3 is 10.5 Å². The van der Waals surface area contributed by atoms with Crippen molar-refractivity contribution in [2.24, 2.45) is 12.8 Å². The molecular formula is C13H17N3O. The van der Waals surface area contributed by atoms with Crippen LogP contribution in [-0.2, 0) is 7.05 Å². The summed E-state index contributed by atoms with van der Waals surface area (Å²) in [6.07, 6.45) is 1.75. The van der Waals surface area contributed by atoms with Crippen LogP contribution in [0.1, 0.15) is 24.2 Å². The zero-order valence-corrected chi connectivity index (χ0v) is 10.1. The Morgan fingerprint density at radius 2 is 2.00 bits per heavy atom. The number of nitrogens with zero attached hydrogens (tertiary/aromatic N) is 2. The first-order valence-electron chi connectivity index (χ1n) is 5.68. The van der Waals surface area contributed by atoms with Crippen LogP contribution in [0, 0.1) is 0 Å². The van der Waals surface area contributed by atoms with Crippen LogP contribution < -0.4 is 10.5 Å². The summed E-state index contributed by atoms with van der Waals surface area (Å²) in [5, 5.41) is 4.12. The van der Waals surface area contributed by atoms with Crippen molar-refractivity contribution in [3.05, 3.63) is 47.8 Å². The van der Waals surface area contributed by atoms with Crippen molar-refractivity contribution in [2.75, 3.05) is 6.61 Å². The van der Waals surface area contributed by atoms with Crippen LogP contribution in [0.5, 0.6) is 5.75 Å². The summed E-state index contributed by atoms with van der Waals surface area (Å²) in [6, 6.07) is 9.63. The maximum Gasteiger partial charge on any atom is 0.119 e. The van der Waals surface area contributed by atoms with Gasteiger partial charge in [0.1, 0.15) is 5.75 Å². The minimum Gasteiger partial charge on any atom is -0.494 e. The molecule has 2 aromatic rings. The molecule has 2 rings (SSSR count). The third-order valence-electron chi connectivity index (χ3n) is 2.73. The third kappa shape index (κ3) is 2.47. The van der Waals surface area contributed by atoms with E-state index >= 15 is 0 Å². The van der Waals surface area contributed by atoms with Gasteiger partial charge in [0.2, 0.25) is 0 Å². The summed E-state index contributed by atoms with van der Waals surface area (Å²) in [4.78, 5) is 0. The second-order valence-electron chi connectivity index (χ2n) is 3.86. The van der Waals surface area contributed by atoms with Crippen LogP contribution in [0.4, 0.5) is 0 Å². The maximum atomic E-state index is 6.18. The van der Waals surface area contributed by atoms with Gasteiger partial charge in [0, 0.05) is 13.2 Å². The fourth-order valence-corrected chi connectivity index (χ4v) is 1.80. The molecule has 0 saturated heterocycles. The van der Waals surface area contributed by atoms with E-state index in [1.165, 1.54) is 0 Å². The van der Waals surface area contributed by atoms with Gasteiger partial charge in [0.15, 0.2) is 0 Å². The smallest absolute Gasteiger partial charge is 0.119 e. The predicted octanol–water partition coefficient (Wildman–Crippen LogP) is 1.87. The number of benzene rings is 1. The molecule has 0 amide bonds. The number of hydrogen-bond donors (Lipinski definition) is 1. The van der Waals surface area contributed by atoms with E-state index in [0.29, 0.717) is 6.61 Å². The first-order valence-corrected chi connectivity index (χ1v) is 5.68. The molecule has 0 fully saturated rings. The third-order valence-corrected chi connectivity index (χ3v) is 2.73.